The molecular formula is C87H62N6. The molecule has 6 nitrogen and oxygen atoms in total. The summed E-state index contributed by atoms with van der Waals surface area (Å²) in [4.78, 5) is 23.3. The molecule has 0 saturated carbocycles. The van der Waals surface area contributed by atoms with Gasteiger partial charge in [0.25, 0.3) is 0 Å². The summed E-state index contributed by atoms with van der Waals surface area (Å²) in [5.74, 6) is 0. The molecule has 0 amide bonds. The van der Waals surface area contributed by atoms with Gasteiger partial charge in [-0.1, -0.05) is 232 Å². The van der Waals surface area contributed by atoms with E-state index in [0.29, 0.717) is 0 Å². The Kier molecular flexibility index (Phi) is 15.8. The molecule has 0 spiro atoms. The average Bonchev–Trinajstić information content (AvgIpc) is 1.60. The van der Waals surface area contributed by atoms with Crippen LogP contribution in [0.3, 0.4) is 0 Å². The van der Waals surface area contributed by atoms with Gasteiger partial charge in [-0.25, -0.2) is 0 Å². The first-order chi connectivity index (χ1) is 46.1. The Morgan fingerprint density at radius 1 is 0.204 bits per heavy atom. The number of hydrogen-bond acceptors (Lipinski definition) is 5. The molecule has 0 bridgehead atoms. The minimum absolute atomic E-state index is 0.855. The first-order valence-corrected chi connectivity index (χ1v) is 31.6. The van der Waals surface area contributed by atoms with Crippen molar-refractivity contribution in [1.82, 2.24) is 29.5 Å². The van der Waals surface area contributed by atoms with Crippen molar-refractivity contribution in [3.8, 4) is 140 Å². The van der Waals surface area contributed by atoms with Gasteiger partial charge in [-0.2, -0.15) is 0 Å². The lowest BCUT2D eigenvalue weighted by Gasteiger charge is -2.12. The molecule has 6 heteroatoms. The standard InChI is InChI=1S/C85H56N6.C2H6/c1-2-12-64(13-3-1)79-43-38-73(56-88-79)76-19-5-4-18-75(76)63-32-30-62(31-33-63)70-40-47-85-78(53-70)77-52-69(61-28-26-60(27-29-61)66-15-11-17-68(51-66)72-37-45-83(90-55-72)81-21-7-9-49-87-81)39-46-84(77)91(85)74-41-34-58(35-42-74)57-22-24-59(25-23-57)65-14-10-16-67(50-65)71-36-44-82(89-54-71)80-20-6-8-48-86-80;1-2/h1-56H;1-2H3. The van der Waals surface area contributed by atoms with E-state index in [2.05, 4.69) is 269 Å². The highest BCUT2D eigenvalue weighted by molar-refractivity contribution is 6.12. The lowest BCUT2D eigenvalue weighted by atomic mass is 9.93. The van der Waals surface area contributed by atoms with Crippen LogP contribution >= 0.6 is 0 Å². The third-order valence-electron chi connectivity index (χ3n) is 17.4. The van der Waals surface area contributed by atoms with Crippen LogP contribution < -0.4 is 0 Å². The lowest BCUT2D eigenvalue weighted by molar-refractivity contribution is 1.18. The van der Waals surface area contributed by atoms with Gasteiger partial charge in [0.2, 0.25) is 0 Å². The second-order valence-electron chi connectivity index (χ2n) is 22.9. The van der Waals surface area contributed by atoms with Crippen LogP contribution in [0.25, 0.3) is 162 Å². The van der Waals surface area contributed by atoms with E-state index in [1.54, 1.807) is 12.4 Å². The van der Waals surface area contributed by atoms with Crippen molar-refractivity contribution in [2.75, 3.05) is 0 Å². The Balaban J connectivity index is 0.00000355. The summed E-state index contributed by atoms with van der Waals surface area (Å²) in [6.07, 6.45) is 9.46. The molecule has 0 radical (unpaired) electrons. The molecule has 10 aromatic carbocycles. The summed E-state index contributed by atoms with van der Waals surface area (Å²) >= 11 is 0. The van der Waals surface area contributed by atoms with Crippen LogP contribution in [-0.4, -0.2) is 29.5 Å². The zero-order valence-electron chi connectivity index (χ0n) is 51.5. The first-order valence-electron chi connectivity index (χ1n) is 31.6. The van der Waals surface area contributed by atoms with E-state index in [0.717, 1.165) is 145 Å². The highest BCUT2D eigenvalue weighted by Crippen LogP contribution is 2.41. The molecule has 0 aliphatic heterocycles. The fraction of sp³-hybridized carbons (Fsp3) is 0.0230. The van der Waals surface area contributed by atoms with Gasteiger partial charge in [0.15, 0.2) is 0 Å². The number of fused-ring (bicyclic) bond motifs is 3. The van der Waals surface area contributed by atoms with Crippen molar-refractivity contribution >= 4 is 21.8 Å². The Morgan fingerprint density at radius 3 is 0.957 bits per heavy atom. The molecule has 0 aliphatic rings. The monoisotopic (exact) mass is 1190 g/mol. The zero-order valence-corrected chi connectivity index (χ0v) is 51.5. The van der Waals surface area contributed by atoms with E-state index in [1.807, 2.05) is 87.0 Å². The molecule has 0 saturated heterocycles. The largest absolute Gasteiger partial charge is 0.309 e. The Hall–Kier alpha value is -12.3. The minimum atomic E-state index is 0.855. The molecule has 0 atom stereocenters. The third-order valence-corrected chi connectivity index (χ3v) is 17.4. The van der Waals surface area contributed by atoms with Crippen LogP contribution in [0, 0.1) is 0 Å². The van der Waals surface area contributed by atoms with Crippen LogP contribution in [0.1, 0.15) is 13.8 Å². The maximum Gasteiger partial charge on any atom is 0.0886 e. The van der Waals surface area contributed by atoms with Crippen LogP contribution in [0.15, 0.2) is 340 Å². The molecule has 0 unspecified atom stereocenters. The second kappa shape index (κ2) is 25.7. The van der Waals surface area contributed by atoms with E-state index in [-0.39, 0.29) is 0 Å². The topological polar surface area (TPSA) is 69.4 Å². The third kappa shape index (κ3) is 11.7. The molecule has 6 aromatic heterocycles. The van der Waals surface area contributed by atoms with Crippen molar-refractivity contribution in [3.05, 3.63) is 340 Å². The van der Waals surface area contributed by atoms with Crippen molar-refractivity contribution in [2.24, 2.45) is 0 Å². The minimum Gasteiger partial charge on any atom is -0.309 e. The summed E-state index contributed by atoms with van der Waals surface area (Å²) in [6, 6.07) is 110. The highest BCUT2D eigenvalue weighted by atomic mass is 15.0. The summed E-state index contributed by atoms with van der Waals surface area (Å²) < 4.78 is 2.42. The number of nitrogens with zero attached hydrogens (tertiary/aromatic N) is 6. The Morgan fingerprint density at radius 2 is 0.527 bits per heavy atom. The fourth-order valence-electron chi connectivity index (χ4n) is 12.6. The van der Waals surface area contributed by atoms with Crippen molar-refractivity contribution in [3.63, 3.8) is 0 Å². The van der Waals surface area contributed by atoms with Crippen LogP contribution in [-0.2, 0) is 0 Å². The average molecular weight is 1190 g/mol. The van der Waals surface area contributed by atoms with Gasteiger partial charge in [-0.3, -0.25) is 24.9 Å². The molecule has 0 fully saturated rings. The van der Waals surface area contributed by atoms with E-state index < -0.39 is 0 Å². The van der Waals surface area contributed by atoms with Gasteiger partial charge in [0.05, 0.1) is 39.5 Å². The molecule has 93 heavy (non-hydrogen) atoms. The van der Waals surface area contributed by atoms with Crippen LogP contribution in [0.2, 0.25) is 0 Å². The number of aromatic nitrogens is 6. The molecule has 0 N–H and O–H groups in total. The normalized spacial score (nSPS) is 11.1. The van der Waals surface area contributed by atoms with E-state index in [4.69, 9.17) is 15.0 Å². The van der Waals surface area contributed by atoms with Gasteiger partial charge >= 0.3 is 0 Å². The van der Waals surface area contributed by atoms with Crippen molar-refractivity contribution in [1.29, 1.82) is 0 Å². The summed E-state index contributed by atoms with van der Waals surface area (Å²) in [7, 11) is 0. The first kappa shape index (κ1) is 57.2. The summed E-state index contributed by atoms with van der Waals surface area (Å²) in [6.45, 7) is 4.00. The van der Waals surface area contributed by atoms with Gasteiger partial charge in [-0.15, -0.1) is 0 Å². The SMILES string of the molecule is CC.c1ccc(-c2ccc(-c3ccccc3-c3ccc(-c4ccc5c(c4)c4cc(-c6ccc(-c7cccc(-c8ccc(-c9ccccn9)nc8)c7)cc6)ccc4n5-c4ccc(-c5ccc(-c6cccc(-c7ccc(-c8ccccn8)nc7)c6)cc5)cc4)cc3)cn2)cc1. The Labute approximate surface area is 542 Å². The summed E-state index contributed by atoms with van der Waals surface area (Å²) in [5, 5.41) is 2.38. The van der Waals surface area contributed by atoms with Gasteiger partial charge in [0.1, 0.15) is 0 Å². The maximum atomic E-state index is 4.88. The van der Waals surface area contributed by atoms with Gasteiger partial charge < -0.3 is 4.57 Å². The van der Waals surface area contributed by atoms with Gasteiger partial charge in [-0.05, 0) is 174 Å². The predicted molar refractivity (Wildman–Crippen MR) is 386 cm³/mol. The number of benzene rings is 10. The van der Waals surface area contributed by atoms with Crippen molar-refractivity contribution in [2.45, 2.75) is 13.8 Å². The number of rotatable bonds is 13. The van der Waals surface area contributed by atoms with Crippen LogP contribution in [0.4, 0.5) is 0 Å². The lowest BCUT2D eigenvalue weighted by Crippen LogP contribution is -1.94. The quantitative estimate of drug-likeness (QED) is 0.115. The maximum absolute atomic E-state index is 4.88. The zero-order chi connectivity index (χ0) is 62.5. The van der Waals surface area contributed by atoms with E-state index >= 15 is 0 Å². The predicted octanol–water partition coefficient (Wildman–Crippen LogP) is 22.8. The molecule has 16 aromatic rings. The van der Waals surface area contributed by atoms with Crippen LogP contribution in [0.5, 0.6) is 0 Å². The molecule has 0 aliphatic carbocycles. The molecule has 440 valence electrons. The van der Waals surface area contributed by atoms with E-state index in [9.17, 15) is 0 Å². The second-order valence-corrected chi connectivity index (χ2v) is 22.9. The fourth-order valence-corrected chi connectivity index (χ4v) is 12.6. The van der Waals surface area contributed by atoms with E-state index in [1.165, 1.54) is 16.3 Å². The Bertz CT molecular complexity index is 5240. The summed E-state index contributed by atoms with van der Waals surface area (Å²) in [5.41, 5.74) is 29.3. The number of hydrogen-bond donors (Lipinski definition) is 0. The number of pyridine rings is 5. The smallest absolute Gasteiger partial charge is 0.0886 e. The molecular weight excluding hydrogens is 1130 g/mol. The molecule has 16 rings (SSSR count). The van der Waals surface area contributed by atoms with Crippen molar-refractivity contribution < 1.29 is 0 Å². The van der Waals surface area contributed by atoms with Gasteiger partial charge in [0, 0.05) is 69.7 Å². The highest BCUT2D eigenvalue weighted by Gasteiger charge is 2.17. The molecule has 6 heterocycles.